The van der Waals surface area contributed by atoms with Gasteiger partial charge in [-0.25, -0.2) is 13.1 Å². The Balaban J connectivity index is 2.01. The van der Waals surface area contributed by atoms with Crippen LogP contribution < -0.4 is 9.62 Å². The van der Waals surface area contributed by atoms with Crippen molar-refractivity contribution in [1.82, 2.24) is 4.72 Å². The summed E-state index contributed by atoms with van der Waals surface area (Å²) in [7, 11) is -3.39. The quantitative estimate of drug-likeness (QED) is 0.851. The molecule has 2 rings (SSSR count). The van der Waals surface area contributed by atoms with Gasteiger partial charge in [0.15, 0.2) is 0 Å². The van der Waals surface area contributed by atoms with Crippen LogP contribution in [0.2, 0.25) is 0 Å². The zero-order valence-electron chi connectivity index (χ0n) is 12.2. The Morgan fingerprint density at radius 1 is 1.10 bits per heavy atom. The number of benzene rings is 1. The summed E-state index contributed by atoms with van der Waals surface area (Å²) in [6, 6.07) is 11.3. The Hall–Kier alpha value is -1.37. The molecule has 0 saturated heterocycles. The third-order valence-electron chi connectivity index (χ3n) is 3.29. The Morgan fingerprint density at radius 3 is 2.29 bits per heavy atom. The van der Waals surface area contributed by atoms with E-state index in [2.05, 4.69) is 23.5 Å². The Kier molecular flexibility index (Phi) is 5.39. The van der Waals surface area contributed by atoms with Crippen LogP contribution in [0, 0.1) is 0 Å². The summed E-state index contributed by atoms with van der Waals surface area (Å²) in [5, 5.41) is 1.76. The number of thiophene rings is 1. The van der Waals surface area contributed by atoms with Gasteiger partial charge in [-0.1, -0.05) is 18.2 Å². The van der Waals surface area contributed by atoms with Crippen LogP contribution in [0.15, 0.2) is 46.0 Å². The highest BCUT2D eigenvalue weighted by Gasteiger charge is 2.14. The van der Waals surface area contributed by atoms with Crippen molar-refractivity contribution in [3.05, 3.63) is 47.3 Å². The van der Waals surface area contributed by atoms with E-state index in [1.807, 2.05) is 24.3 Å². The first-order chi connectivity index (χ1) is 10.1. The van der Waals surface area contributed by atoms with E-state index in [0.717, 1.165) is 24.3 Å². The summed E-state index contributed by atoms with van der Waals surface area (Å²) in [6.45, 7) is 6.46. The molecule has 0 saturated carbocycles. The maximum atomic E-state index is 12.0. The molecule has 1 aromatic heterocycles. The predicted molar refractivity (Wildman–Crippen MR) is 88.3 cm³/mol. The molecule has 21 heavy (non-hydrogen) atoms. The highest BCUT2D eigenvalue weighted by molar-refractivity contribution is 7.91. The Morgan fingerprint density at radius 2 is 1.76 bits per heavy atom. The van der Waals surface area contributed by atoms with Gasteiger partial charge in [-0.15, -0.1) is 11.3 Å². The van der Waals surface area contributed by atoms with E-state index >= 15 is 0 Å². The van der Waals surface area contributed by atoms with Crippen molar-refractivity contribution < 1.29 is 8.42 Å². The molecule has 1 aromatic carbocycles. The van der Waals surface area contributed by atoms with Crippen LogP contribution in [-0.4, -0.2) is 21.5 Å². The predicted octanol–water partition coefficient (Wildman–Crippen LogP) is 3.07. The maximum absolute atomic E-state index is 12.0. The first kappa shape index (κ1) is 16.0. The summed E-state index contributed by atoms with van der Waals surface area (Å²) in [6.07, 6.45) is 0. The van der Waals surface area contributed by atoms with Crippen molar-refractivity contribution in [1.29, 1.82) is 0 Å². The molecule has 0 radical (unpaired) electrons. The van der Waals surface area contributed by atoms with Crippen molar-refractivity contribution in [2.75, 3.05) is 18.0 Å². The first-order valence-electron chi connectivity index (χ1n) is 6.94. The van der Waals surface area contributed by atoms with E-state index in [0.29, 0.717) is 10.8 Å². The average molecular weight is 324 g/mol. The van der Waals surface area contributed by atoms with Crippen LogP contribution in [0.25, 0.3) is 0 Å². The minimum absolute atomic E-state index is 0.304. The minimum Gasteiger partial charge on any atom is -0.372 e. The van der Waals surface area contributed by atoms with Crippen LogP contribution >= 0.6 is 11.3 Å². The lowest BCUT2D eigenvalue weighted by Crippen LogP contribution is -2.23. The average Bonchev–Trinajstić information content (AvgIpc) is 3.03. The summed E-state index contributed by atoms with van der Waals surface area (Å²) in [5.41, 5.74) is 2.11. The lowest BCUT2D eigenvalue weighted by Gasteiger charge is -2.21. The highest BCUT2D eigenvalue weighted by Crippen LogP contribution is 2.17. The monoisotopic (exact) mass is 324 g/mol. The van der Waals surface area contributed by atoms with Gasteiger partial charge in [0.1, 0.15) is 4.21 Å². The van der Waals surface area contributed by atoms with Crippen LogP contribution in [-0.2, 0) is 16.6 Å². The Labute approximate surface area is 130 Å². The Bertz CT molecular complexity index is 645. The molecule has 2 aromatic rings. The standard InChI is InChI=1S/C15H20N2O2S2/c1-3-17(4-2)14-9-7-13(8-10-14)12-16-21(18,19)15-6-5-11-20-15/h5-11,16H,3-4,12H2,1-2H3. The van der Waals surface area contributed by atoms with Gasteiger partial charge in [0.25, 0.3) is 0 Å². The molecule has 0 fully saturated rings. The fourth-order valence-electron chi connectivity index (χ4n) is 2.08. The number of nitrogens with one attached hydrogen (secondary N) is 1. The van der Waals surface area contributed by atoms with Crippen LogP contribution in [0.3, 0.4) is 0 Å². The van der Waals surface area contributed by atoms with Crippen LogP contribution in [0.5, 0.6) is 0 Å². The molecular formula is C15H20N2O2S2. The molecule has 0 atom stereocenters. The van der Waals surface area contributed by atoms with Crippen molar-refractivity contribution in [3.63, 3.8) is 0 Å². The largest absolute Gasteiger partial charge is 0.372 e. The van der Waals surface area contributed by atoms with Crippen LogP contribution in [0.1, 0.15) is 19.4 Å². The van der Waals surface area contributed by atoms with Gasteiger partial charge in [-0.05, 0) is 43.0 Å². The normalized spacial score (nSPS) is 11.5. The number of hydrogen-bond acceptors (Lipinski definition) is 4. The van der Waals surface area contributed by atoms with E-state index in [9.17, 15) is 8.42 Å². The molecule has 1 N–H and O–H groups in total. The lowest BCUT2D eigenvalue weighted by molar-refractivity contribution is 0.583. The molecule has 1 heterocycles. The molecule has 0 aliphatic carbocycles. The number of nitrogens with zero attached hydrogens (tertiary/aromatic N) is 1. The molecule has 0 aliphatic heterocycles. The molecule has 0 bridgehead atoms. The van der Waals surface area contributed by atoms with Gasteiger partial charge in [-0.2, -0.15) is 0 Å². The molecule has 6 heteroatoms. The molecule has 114 valence electrons. The second-order valence-corrected chi connectivity index (χ2v) is 7.54. The van der Waals surface area contributed by atoms with Gasteiger partial charge in [-0.3, -0.25) is 0 Å². The second kappa shape index (κ2) is 7.06. The molecular weight excluding hydrogens is 304 g/mol. The summed E-state index contributed by atoms with van der Waals surface area (Å²) in [5.74, 6) is 0. The van der Waals surface area contributed by atoms with Gasteiger partial charge in [0.05, 0.1) is 0 Å². The second-order valence-electron chi connectivity index (χ2n) is 4.60. The number of hydrogen-bond donors (Lipinski definition) is 1. The van der Waals surface area contributed by atoms with E-state index < -0.39 is 10.0 Å². The molecule has 4 nitrogen and oxygen atoms in total. The zero-order chi connectivity index (χ0) is 15.3. The van der Waals surface area contributed by atoms with Crippen LogP contribution in [0.4, 0.5) is 5.69 Å². The summed E-state index contributed by atoms with van der Waals surface area (Å²) >= 11 is 1.22. The molecule has 0 aliphatic rings. The van der Waals surface area contributed by atoms with Crippen molar-refractivity contribution in [2.45, 2.75) is 24.6 Å². The first-order valence-corrected chi connectivity index (χ1v) is 9.30. The van der Waals surface area contributed by atoms with Crippen molar-refractivity contribution in [2.24, 2.45) is 0 Å². The topological polar surface area (TPSA) is 49.4 Å². The SMILES string of the molecule is CCN(CC)c1ccc(CNS(=O)(=O)c2cccs2)cc1. The molecule has 0 spiro atoms. The third-order valence-corrected chi connectivity index (χ3v) is 6.09. The number of rotatable bonds is 7. The maximum Gasteiger partial charge on any atom is 0.250 e. The fraction of sp³-hybridized carbons (Fsp3) is 0.333. The number of sulfonamides is 1. The number of anilines is 1. The van der Waals surface area contributed by atoms with E-state index in [-0.39, 0.29) is 0 Å². The molecule has 0 amide bonds. The zero-order valence-corrected chi connectivity index (χ0v) is 13.9. The summed E-state index contributed by atoms with van der Waals surface area (Å²) in [4.78, 5) is 2.25. The lowest BCUT2D eigenvalue weighted by atomic mass is 10.2. The smallest absolute Gasteiger partial charge is 0.250 e. The van der Waals surface area contributed by atoms with E-state index in [1.165, 1.54) is 11.3 Å². The van der Waals surface area contributed by atoms with Gasteiger partial charge >= 0.3 is 0 Å². The van der Waals surface area contributed by atoms with E-state index in [1.54, 1.807) is 17.5 Å². The van der Waals surface area contributed by atoms with E-state index in [4.69, 9.17) is 0 Å². The third kappa shape index (κ3) is 4.06. The van der Waals surface area contributed by atoms with Crippen molar-refractivity contribution >= 4 is 27.0 Å². The minimum atomic E-state index is -3.39. The highest BCUT2D eigenvalue weighted by atomic mass is 32.2. The van der Waals surface area contributed by atoms with Crippen molar-refractivity contribution in [3.8, 4) is 0 Å². The van der Waals surface area contributed by atoms with Gasteiger partial charge in [0.2, 0.25) is 10.0 Å². The summed E-state index contributed by atoms with van der Waals surface area (Å²) < 4.78 is 27.0. The van der Waals surface area contributed by atoms with Gasteiger partial charge in [0, 0.05) is 25.3 Å². The molecule has 0 unspecified atom stereocenters. The fourth-order valence-corrected chi connectivity index (χ4v) is 4.13. The van der Waals surface area contributed by atoms with Gasteiger partial charge < -0.3 is 4.90 Å².